The molecule has 0 aliphatic rings. The molecule has 178 valence electrons. The number of furan rings is 1. The third-order valence-electron chi connectivity index (χ3n) is 4.52. The molecule has 2 heterocycles. The molecule has 11 heteroatoms. The van der Waals surface area contributed by atoms with Crippen LogP contribution in [0.25, 0.3) is 11.3 Å². The molecule has 10 nitrogen and oxygen atoms in total. The number of urea groups is 1. The number of rotatable bonds is 9. The number of hydrogen-bond donors (Lipinski definition) is 3. The van der Waals surface area contributed by atoms with Crippen molar-refractivity contribution in [3.63, 3.8) is 0 Å². The van der Waals surface area contributed by atoms with Crippen LogP contribution in [0.2, 0.25) is 0 Å². The van der Waals surface area contributed by atoms with Crippen molar-refractivity contribution in [2.75, 3.05) is 18.5 Å². The quantitative estimate of drug-likeness (QED) is 0.393. The maximum Gasteiger partial charge on any atom is 0.341 e. The van der Waals surface area contributed by atoms with E-state index in [1.807, 2.05) is 0 Å². The summed E-state index contributed by atoms with van der Waals surface area (Å²) < 4.78 is 15.8. The lowest BCUT2D eigenvalue weighted by molar-refractivity contribution is -0.119. The number of ether oxygens (including phenoxy) is 2. The van der Waals surface area contributed by atoms with Crippen LogP contribution >= 0.6 is 11.3 Å². The van der Waals surface area contributed by atoms with E-state index in [0.717, 1.165) is 16.9 Å². The van der Waals surface area contributed by atoms with Gasteiger partial charge < -0.3 is 30.3 Å². The van der Waals surface area contributed by atoms with Gasteiger partial charge in [0.1, 0.15) is 22.1 Å². The zero-order valence-electron chi connectivity index (χ0n) is 18.5. The van der Waals surface area contributed by atoms with Gasteiger partial charge in [0.2, 0.25) is 0 Å². The summed E-state index contributed by atoms with van der Waals surface area (Å²) in [6.45, 7) is 3.28. The Labute approximate surface area is 199 Å². The summed E-state index contributed by atoms with van der Waals surface area (Å²) in [5.41, 5.74) is 6.65. The number of aryl methyl sites for hydroxylation is 1. The number of nitrogens with two attached hydrogens (primary N) is 1. The van der Waals surface area contributed by atoms with Gasteiger partial charge in [-0.25, -0.2) is 14.4 Å². The summed E-state index contributed by atoms with van der Waals surface area (Å²) in [5, 5.41) is 6.98. The Hall–Kier alpha value is -4.12. The molecule has 3 amide bonds. The second-order valence-corrected chi connectivity index (χ2v) is 7.90. The zero-order chi connectivity index (χ0) is 24.7. The number of thiophene rings is 1. The Morgan fingerprint density at radius 1 is 1.03 bits per heavy atom. The highest BCUT2D eigenvalue weighted by atomic mass is 32.1. The van der Waals surface area contributed by atoms with E-state index in [-0.39, 0.29) is 29.3 Å². The standard InChI is InChI=1S/C23H23N3O7S/c1-3-31-22(29)19-16(17-9-4-13(2)33-17)12-34-20(19)26-18(27)11-32-21(28)15-7-5-14(6-8-15)10-25-23(24)30/h4-9,12H,3,10-11H2,1-2H3,(H,26,27)(H3,24,25,30). The fourth-order valence-electron chi connectivity index (χ4n) is 2.94. The van der Waals surface area contributed by atoms with Gasteiger partial charge in [0.05, 0.1) is 12.2 Å². The van der Waals surface area contributed by atoms with E-state index in [2.05, 4.69) is 10.6 Å². The molecule has 2 aromatic heterocycles. The van der Waals surface area contributed by atoms with Crippen LogP contribution < -0.4 is 16.4 Å². The van der Waals surface area contributed by atoms with Gasteiger partial charge in [-0.15, -0.1) is 11.3 Å². The van der Waals surface area contributed by atoms with Gasteiger partial charge in [0.15, 0.2) is 6.61 Å². The van der Waals surface area contributed by atoms with Crippen molar-refractivity contribution >= 4 is 40.2 Å². The Balaban J connectivity index is 1.64. The molecule has 0 atom stereocenters. The van der Waals surface area contributed by atoms with E-state index in [0.29, 0.717) is 17.1 Å². The molecule has 0 bridgehead atoms. The predicted molar refractivity (Wildman–Crippen MR) is 124 cm³/mol. The normalized spacial score (nSPS) is 10.4. The number of esters is 2. The minimum atomic E-state index is -0.701. The van der Waals surface area contributed by atoms with Crippen LogP contribution in [0, 0.1) is 6.92 Å². The molecule has 0 fully saturated rings. The maximum absolute atomic E-state index is 12.5. The van der Waals surface area contributed by atoms with Gasteiger partial charge in [-0.05, 0) is 43.7 Å². The molecule has 34 heavy (non-hydrogen) atoms. The van der Waals surface area contributed by atoms with E-state index in [1.54, 1.807) is 43.5 Å². The first-order valence-corrected chi connectivity index (χ1v) is 11.1. The lowest BCUT2D eigenvalue weighted by atomic mass is 10.1. The largest absolute Gasteiger partial charge is 0.462 e. The van der Waals surface area contributed by atoms with Gasteiger partial charge in [0.25, 0.3) is 5.91 Å². The van der Waals surface area contributed by atoms with Crippen molar-refractivity contribution in [1.29, 1.82) is 0 Å². The summed E-state index contributed by atoms with van der Waals surface area (Å²) >= 11 is 1.13. The lowest BCUT2D eigenvalue weighted by Crippen LogP contribution is -2.28. The second-order valence-electron chi connectivity index (χ2n) is 7.02. The summed E-state index contributed by atoms with van der Waals surface area (Å²) in [7, 11) is 0. The van der Waals surface area contributed by atoms with Crippen LogP contribution in [0.1, 0.15) is 39.0 Å². The van der Waals surface area contributed by atoms with Crippen LogP contribution in [0.15, 0.2) is 46.2 Å². The number of primary amides is 1. The molecule has 0 aliphatic heterocycles. The number of benzene rings is 1. The highest BCUT2D eigenvalue weighted by molar-refractivity contribution is 7.15. The molecule has 0 spiro atoms. The van der Waals surface area contributed by atoms with Crippen molar-refractivity contribution in [3.05, 3.63) is 64.2 Å². The SMILES string of the molecule is CCOC(=O)c1c(-c2ccc(C)o2)csc1NC(=O)COC(=O)c1ccc(CNC(N)=O)cc1. The Kier molecular flexibility index (Phi) is 8.04. The molecule has 3 rings (SSSR count). The highest BCUT2D eigenvalue weighted by Gasteiger charge is 2.24. The van der Waals surface area contributed by atoms with Crippen LogP contribution in [0.4, 0.5) is 9.80 Å². The number of carbonyl (C=O) groups is 4. The molecule has 0 saturated heterocycles. The molecule has 0 saturated carbocycles. The average molecular weight is 486 g/mol. The van der Waals surface area contributed by atoms with Crippen molar-refractivity contribution in [2.45, 2.75) is 20.4 Å². The number of carbonyl (C=O) groups excluding carboxylic acids is 4. The van der Waals surface area contributed by atoms with E-state index < -0.39 is 30.5 Å². The van der Waals surface area contributed by atoms with Gasteiger partial charge in [0, 0.05) is 17.5 Å². The molecule has 0 unspecified atom stereocenters. The minimum Gasteiger partial charge on any atom is -0.462 e. The third kappa shape index (κ3) is 6.23. The zero-order valence-corrected chi connectivity index (χ0v) is 19.3. The van der Waals surface area contributed by atoms with Gasteiger partial charge in [-0.2, -0.15) is 0 Å². The third-order valence-corrected chi connectivity index (χ3v) is 5.42. The van der Waals surface area contributed by atoms with Crippen molar-refractivity contribution in [2.24, 2.45) is 5.73 Å². The highest BCUT2D eigenvalue weighted by Crippen LogP contribution is 2.37. The summed E-state index contributed by atoms with van der Waals surface area (Å²) in [4.78, 5) is 48.0. The van der Waals surface area contributed by atoms with Gasteiger partial charge in [-0.1, -0.05) is 12.1 Å². The van der Waals surface area contributed by atoms with Crippen molar-refractivity contribution < 1.29 is 33.1 Å². The molecule has 0 radical (unpaired) electrons. The van der Waals surface area contributed by atoms with E-state index in [9.17, 15) is 19.2 Å². The Morgan fingerprint density at radius 2 is 1.76 bits per heavy atom. The number of nitrogens with one attached hydrogen (secondary N) is 2. The van der Waals surface area contributed by atoms with Crippen molar-refractivity contribution in [3.8, 4) is 11.3 Å². The van der Waals surface area contributed by atoms with Gasteiger partial charge in [-0.3, -0.25) is 4.79 Å². The topological polar surface area (TPSA) is 150 Å². The smallest absolute Gasteiger partial charge is 0.341 e. The number of hydrogen-bond acceptors (Lipinski definition) is 8. The molecule has 4 N–H and O–H groups in total. The van der Waals surface area contributed by atoms with Gasteiger partial charge >= 0.3 is 18.0 Å². The Morgan fingerprint density at radius 3 is 2.38 bits per heavy atom. The van der Waals surface area contributed by atoms with Crippen LogP contribution in [0.3, 0.4) is 0 Å². The molecular formula is C23H23N3O7S. The Bertz CT molecular complexity index is 1200. The van der Waals surface area contributed by atoms with Crippen LogP contribution in [0.5, 0.6) is 0 Å². The molecular weight excluding hydrogens is 462 g/mol. The fourth-order valence-corrected chi connectivity index (χ4v) is 3.90. The minimum absolute atomic E-state index is 0.160. The second kappa shape index (κ2) is 11.1. The summed E-state index contributed by atoms with van der Waals surface area (Å²) in [6.07, 6.45) is 0. The van der Waals surface area contributed by atoms with E-state index in [4.69, 9.17) is 19.6 Å². The van der Waals surface area contributed by atoms with Crippen LogP contribution in [-0.2, 0) is 20.8 Å². The summed E-state index contributed by atoms with van der Waals surface area (Å²) in [6, 6.07) is 9.10. The van der Waals surface area contributed by atoms with E-state index >= 15 is 0 Å². The van der Waals surface area contributed by atoms with E-state index in [1.165, 1.54) is 12.1 Å². The molecule has 0 aliphatic carbocycles. The first kappa shape index (κ1) is 24.5. The maximum atomic E-state index is 12.5. The monoisotopic (exact) mass is 485 g/mol. The van der Waals surface area contributed by atoms with Crippen molar-refractivity contribution in [1.82, 2.24) is 5.32 Å². The van der Waals surface area contributed by atoms with Crippen LogP contribution in [-0.4, -0.2) is 37.1 Å². The predicted octanol–water partition coefficient (Wildman–Crippen LogP) is 3.46. The fraction of sp³-hybridized carbons (Fsp3) is 0.217. The average Bonchev–Trinajstić information content (AvgIpc) is 3.42. The molecule has 3 aromatic rings. The first-order chi connectivity index (χ1) is 16.3. The number of amides is 3. The first-order valence-electron chi connectivity index (χ1n) is 10.2. The summed E-state index contributed by atoms with van der Waals surface area (Å²) in [5.74, 6) is -0.784. The number of anilines is 1. The molecule has 1 aromatic carbocycles. The lowest BCUT2D eigenvalue weighted by Gasteiger charge is -2.09.